The Morgan fingerprint density at radius 1 is 1.09 bits per heavy atom. The summed E-state index contributed by atoms with van der Waals surface area (Å²) in [6.45, 7) is 33.4. The highest BCUT2D eigenvalue weighted by atomic mass is 31.0. The van der Waals surface area contributed by atoms with E-state index in [1.165, 1.54) is 70.8 Å². The van der Waals surface area contributed by atoms with Crippen LogP contribution in [0.15, 0.2) is 66.8 Å². The zero-order valence-corrected chi connectivity index (χ0v) is 31.5. The van der Waals surface area contributed by atoms with Gasteiger partial charge >= 0.3 is 0 Å². The van der Waals surface area contributed by atoms with Gasteiger partial charge in [-0.15, -0.1) is 33.2 Å². The molecule has 0 radical (unpaired) electrons. The quantitative estimate of drug-likeness (QED) is 0.132. The van der Waals surface area contributed by atoms with Crippen molar-refractivity contribution >= 4 is 13.8 Å². The van der Waals surface area contributed by atoms with Crippen LogP contribution in [0.1, 0.15) is 135 Å². The molecule has 2 aliphatic rings. The van der Waals surface area contributed by atoms with Crippen LogP contribution in [0.4, 0.5) is 0 Å². The van der Waals surface area contributed by atoms with Crippen LogP contribution in [0.3, 0.4) is 0 Å². The molecule has 0 saturated heterocycles. The number of hydrogen-bond acceptors (Lipinski definition) is 0. The van der Waals surface area contributed by atoms with Crippen molar-refractivity contribution in [3.8, 4) is 11.8 Å². The monoisotopic (exact) mass is 614 g/mol. The molecule has 3 rings (SSSR count). The zero-order valence-electron chi connectivity index (χ0n) is 30.5. The third-order valence-electron chi connectivity index (χ3n) is 9.37. The highest BCUT2D eigenvalue weighted by Crippen LogP contribution is 2.39. The number of aryl methyl sites for hydroxylation is 2. The Labute approximate surface area is 276 Å². The summed E-state index contributed by atoms with van der Waals surface area (Å²) in [6, 6.07) is 0. The molecule has 4 atom stereocenters. The molecule has 1 aromatic heterocycles. The minimum Gasteiger partial charge on any atom is -0.133 e. The molecular weight excluding hydrogens is 547 g/mol. The fourth-order valence-electron chi connectivity index (χ4n) is 6.59. The van der Waals surface area contributed by atoms with Gasteiger partial charge in [0.1, 0.15) is 0 Å². The maximum absolute atomic E-state index is 4.59. The van der Waals surface area contributed by atoms with E-state index >= 15 is 0 Å². The molecule has 0 spiro atoms. The lowest BCUT2D eigenvalue weighted by molar-refractivity contribution is 0.374. The highest BCUT2D eigenvalue weighted by Gasteiger charge is 2.22. The normalized spacial score (nSPS) is 18.5. The first kappa shape index (κ1) is 39.8. The van der Waals surface area contributed by atoms with Crippen LogP contribution in [0.5, 0.6) is 0 Å². The molecule has 1 aromatic rings. The number of rotatable bonds is 11. The van der Waals surface area contributed by atoms with Crippen LogP contribution < -0.4 is 0 Å². The molecule has 2 aliphatic carbocycles. The van der Waals surface area contributed by atoms with Crippen molar-refractivity contribution < 1.29 is 0 Å². The standard InChI is InChI=1S/C28H41P.C13H22.C2H4/c1-10-24(28-22(8)27(11-2)29-23(28)9)17-20(6)21(7)26(16-18(3)4)25-14-12-19(5)13-15-25;1-3-4-5-6-9-12(2)13-10-7-8-11-13;1-2/h10,12,14-15,17-19,26,29H,7,11,13,16H2,1-6,8-9H3;12-13H,3-4,7-11H2,1-2H3;1-2H2/b20-17-,24-10+;;. The third-order valence-corrected chi connectivity index (χ3v) is 11.0. The van der Waals surface area contributed by atoms with E-state index in [4.69, 9.17) is 0 Å². The summed E-state index contributed by atoms with van der Waals surface area (Å²) in [4.78, 5) is 0. The van der Waals surface area contributed by atoms with E-state index in [-0.39, 0.29) is 0 Å². The van der Waals surface area contributed by atoms with E-state index in [2.05, 4.69) is 131 Å². The maximum atomic E-state index is 4.59. The van der Waals surface area contributed by atoms with Gasteiger partial charge in [0.25, 0.3) is 0 Å². The molecule has 0 amide bonds. The Hall–Kier alpha value is -2.22. The van der Waals surface area contributed by atoms with Crippen molar-refractivity contribution in [3.05, 3.63) is 88.6 Å². The van der Waals surface area contributed by atoms with Crippen LogP contribution in [0, 0.1) is 55.3 Å². The van der Waals surface area contributed by atoms with Gasteiger partial charge in [-0.3, -0.25) is 0 Å². The van der Waals surface area contributed by atoms with Crippen molar-refractivity contribution in [2.24, 2.45) is 29.6 Å². The molecule has 244 valence electrons. The van der Waals surface area contributed by atoms with E-state index in [1.54, 1.807) is 5.30 Å². The summed E-state index contributed by atoms with van der Waals surface area (Å²) in [6.07, 6.45) is 24.5. The second-order valence-corrected chi connectivity index (χ2v) is 15.1. The maximum Gasteiger partial charge on any atom is 0.0117 e. The van der Waals surface area contributed by atoms with Crippen LogP contribution in [0.2, 0.25) is 0 Å². The van der Waals surface area contributed by atoms with Gasteiger partial charge in [-0.05, 0) is 121 Å². The predicted molar refractivity (Wildman–Crippen MR) is 205 cm³/mol. The third kappa shape index (κ3) is 12.6. The Balaban J connectivity index is 0.000000537. The Bertz CT molecular complexity index is 1190. The smallest absolute Gasteiger partial charge is 0.0117 e. The molecule has 0 bridgehead atoms. The second-order valence-electron chi connectivity index (χ2n) is 13.5. The molecule has 1 fully saturated rings. The number of unbranched alkanes of at least 4 members (excludes halogenated alkanes) is 1. The van der Waals surface area contributed by atoms with E-state index in [0.29, 0.717) is 17.8 Å². The highest BCUT2D eigenvalue weighted by molar-refractivity contribution is 7.32. The molecule has 4 unspecified atom stereocenters. The minimum atomic E-state index is 0.413. The molecule has 1 saturated carbocycles. The van der Waals surface area contributed by atoms with Gasteiger partial charge in [-0.25, -0.2) is 0 Å². The van der Waals surface area contributed by atoms with Crippen LogP contribution in [0.25, 0.3) is 5.57 Å². The summed E-state index contributed by atoms with van der Waals surface area (Å²) in [5.41, 5.74) is 8.38. The Morgan fingerprint density at radius 3 is 2.25 bits per heavy atom. The molecule has 0 N–H and O–H groups in total. The molecule has 1 heteroatoms. The fourth-order valence-corrected chi connectivity index (χ4v) is 7.99. The number of hydrogen-bond donors (Lipinski definition) is 0. The lowest BCUT2D eigenvalue weighted by Gasteiger charge is -2.26. The van der Waals surface area contributed by atoms with Crippen molar-refractivity contribution in [1.29, 1.82) is 0 Å². The lowest BCUT2D eigenvalue weighted by atomic mass is 9.79. The topological polar surface area (TPSA) is 0 Å². The van der Waals surface area contributed by atoms with E-state index in [0.717, 1.165) is 52.1 Å². The van der Waals surface area contributed by atoms with Gasteiger partial charge in [-0.2, -0.15) is 0 Å². The van der Waals surface area contributed by atoms with Gasteiger partial charge < -0.3 is 0 Å². The van der Waals surface area contributed by atoms with Crippen molar-refractivity contribution in [3.63, 3.8) is 0 Å². The van der Waals surface area contributed by atoms with Gasteiger partial charge in [-0.1, -0.05) is 104 Å². The largest absolute Gasteiger partial charge is 0.133 e. The minimum absolute atomic E-state index is 0.413. The van der Waals surface area contributed by atoms with E-state index in [1.807, 2.05) is 0 Å². The van der Waals surface area contributed by atoms with Crippen LogP contribution >= 0.6 is 8.19 Å². The molecule has 0 aliphatic heterocycles. The Kier molecular flexibility index (Phi) is 19.5. The van der Waals surface area contributed by atoms with Crippen molar-refractivity contribution in [2.45, 2.75) is 133 Å². The summed E-state index contributed by atoms with van der Waals surface area (Å²) in [5, 5.41) is 3.15. The van der Waals surface area contributed by atoms with Gasteiger partial charge in [0.05, 0.1) is 0 Å². The van der Waals surface area contributed by atoms with Crippen LogP contribution in [-0.4, -0.2) is 0 Å². The molecule has 1 heterocycles. The van der Waals surface area contributed by atoms with Crippen molar-refractivity contribution in [2.75, 3.05) is 0 Å². The SMILES string of the molecule is C=C.C=C(/C(C)=C\C(=C/C)c1c(C)[pH]c(CC)c1C)C(CC(C)C)C1=CCC(C)C=C1.CCCC#CCC(C)C1CCCC1. The molecule has 0 aromatic carbocycles. The summed E-state index contributed by atoms with van der Waals surface area (Å²) in [7, 11) is 0.862. The van der Waals surface area contributed by atoms with Gasteiger partial charge in [0, 0.05) is 18.8 Å². The summed E-state index contributed by atoms with van der Waals surface area (Å²) < 4.78 is 0. The van der Waals surface area contributed by atoms with Crippen LogP contribution in [-0.2, 0) is 6.42 Å². The molecular formula is C43H67P. The number of allylic oxidation sites excluding steroid dienone is 9. The van der Waals surface area contributed by atoms with Gasteiger partial charge in [0.2, 0.25) is 0 Å². The second kappa shape index (κ2) is 21.5. The zero-order chi connectivity index (χ0) is 33.2. The molecule has 0 nitrogen and oxygen atoms in total. The molecule has 44 heavy (non-hydrogen) atoms. The average molecular weight is 615 g/mol. The predicted octanol–water partition coefficient (Wildman–Crippen LogP) is 13.8. The first-order valence-corrected chi connectivity index (χ1v) is 18.6. The fraction of sp³-hybridized carbons (Fsp3) is 0.581. The average Bonchev–Trinajstić information content (AvgIpc) is 3.66. The first-order chi connectivity index (χ1) is 21.0. The first-order valence-electron chi connectivity index (χ1n) is 17.6. The summed E-state index contributed by atoms with van der Waals surface area (Å²) in [5.74, 6) is 10.1. The van der Waals surface area contributed by atoms with Gasteiger partial charge in [0.15, 0.2) is 0 Å². The summed E-state index contributed by atoms with van der Waals surface area (Å²) >= 11 is 0. The van der Waals surface area contributed by atoms with E-state index < -0.39 is 0 Å². The van der Waals surface area contributed by atoms with E-state index in [9.17, 15) is 0 Å². The Morgan fingerprint density at radius 2 is 1.75 bits per heavy atom. The van der Waals surface area contributed by atoms with Crippen molar-refractivity contribution in [1.82, 2.24) is 0 Å². The lowest BCUT2D eigenvalue weighted by Crippen LogP contribution is -2.12.